The minimum absolute atomic E-state index is 0.0919. The first-order chi connectivity index (χ1) is 35.3. The minimum Gasteiger partial charge on any atom is -0.473 e. The van der Waals surface area contributed by atoms with Crippen molar-refractivity contribution in [3.63, 3.8) is 0 Å². The highest BCUT2D eigenvalue weighted by molar-refractivity contribution is 7.90. The Kier molecular flexibility index (Phi) is 16.1. The molecule has 20 heteroatoms. The topological polar surface area (TPSA) is 183 Å². The summed E-state index contributed by atoms with van der Waals surface area (Å²) in [6, 6.07) is 22.2. The Hall–Kier alpha value is -5.54. The number of allylic oxidation sites excluding steroid dienone is 1. The van der Waals surface area contributed by atoms with Crippen molar-refractivity contribution in [1.29, 1.82) is 0 Å². The van der Waals surface area contributed by atoms with Gasteiger partial charge in [-0.25, -0.2) is 13.1 Å². The summed E-state index contributed by atoms with van der Waals surface area (Å²) in [6.45, 7) is 20.4. The zero-order chi connectivity index (χ0) is 52.4. The molecular weight excluding hydrogens is 1000 g/mol. The number of piperazine rings is 1. The zero-order valence-electron chi connectivity index (χ0n) is 43.3. The Morgan fingerprint density at radius 3 is 2.50 bits per heavy atom. The van der Waals surface area contributed by atoms with Crippen LogP contribution in [0.2, 0.25) is 30.7 Å². The van der Waals surface area contributed by atoms with Gasteiger partial charge in [0.15, 0.2) is 0 Å². The Morgan fingerprint density at radius 1 is 0.986 bits per heavy atom. The number of benzene rings is 3. The normalized spacial score (nSPS) is 19.7. The summed E-state index contributed by atoms with van der Waals surface area (Å²) in [7, 11) is -5.93. The molecule has 74 heavy (non-hydrogen) atoms. The van der Waals surface area contributed by atoms with Gasteiger partial charge in [-0.15, -0.1) is 0 Å². The van der Waals surface area contributed by atoms with Crippen molar-refractivity contribution in [2.75, 3.05) is 87.4 Å². The lowest BCUT2D eigenvalue weighted by Gasteiger charge is -2.39. The van der Waals surface area contributed by atoms with E-state index in [1.165, 1.54) is 28.8 Å². The quantitative estimate of drug-likeness (QED) is 0.0388. The van der Waals surface area contributed by atoms with Gasteiger partial charge >= 0.3 is 0 Å². The third-order valence-corrected chi connectivity index (χ3v) is 17.7. The van der Waals surface area contributed by atoms with E-state index >= 15 is 0 Å². The number of carbonyl (C=O) groups excluding carboxylic acids is 1. The largest absolute Gasteiger partial charge is 0.473 e. The van der Waals surface area contributed by atoms with Gasteiger partial charge in [0.1, 0.15) is 23.8 Å². The monoisotopic (exact) mass is 1070 g/mol. The van der Waals surface area contributed by atoms with Gasteiger partial charge in [0.05, 0.1) is 53.1 Å². The smallest absolute Gasteiger partial charge is 0.293 e. The predicted molar refractivity (Wildman–Crippen MR) is 293 cm³/mol. The maximum atomic E-state index is 14.6. The molecule has 5 aromatic rings. The molecule has 2 N–H and O–H groups in total. The van der Waals surface area contributed by atoms with E-state index in [-0.39, 0.29) is 35.4 Å². The van der Waals surface area contributed by atoms with Crippen LogP contribution >= 0.6 is 11.6 Å². The van der Waals surface area contributed by atoms with E-state index in [1.807, 2.05) is 59.0 Å². The molecule has 2 fully saturated rings. The van der Waals surface area contributed by atoms with Gasteiger partial charge in [0.25, 0.3) is 21.6 Å². The fourth-order valence-corrected chi connectivity index (χ4v) is 11.9. The molecule has 1 amide bonds. The van der Waals surface area contributed by atoms with Gasteiger partial charge in [0, 0.05) is 95.3 Å². The van der Waals surface area contributed by atoms with Crippen molar-refractivity contribution in [3.8, 4) is 5.88 Å². The first-order valence-electron chi connectivity index (χ1n) is 25.7. The van der Waals surface area contributed by atoms with Crippen molar-refractivity contribution in [3.05, 3.63) is 111 Å². The molecule has 3 aromatic carbocycles. The Morgan fingerprint density at radius 2 is 1.77 bits per heavy atom. The summed E-state index contributed by atoms with van der Waals surface area (Å²) in [5.41, 5.74) is 6.72. The number of sulfonamides is 1. The van der Waals surface area contributed by atoms with E-state index in [4.69, 9.17) is 35.5 Å². The average Bonchev–Trinajstić information content (AvgIpc) is 3.68. The third kappa shape index (κ3) is 12.7. The number of aromatic nitrogens is 2. The number of amides is 1. The lowest BCUT2D eigenvalue weighted by atomic mass is 9.72. The molecule has 5 heterocycles. The van der Waals surface area contributed by atoms with Gasteiger partial charge in [-0.2, -0.15) is 4.98 Å². The molecule has 2 saturated heterocycles. The second-order valence-corrected chi connectivity index (χ2v) is 29.7. The summed E-state index contributed by atoms with van der Waals surface area (Å²) in [5, 5.41) is 16.9. The van der Waals surface area contributed by atoms with Gasteiger partial charge in [-0.05, 0) is 103 Å². The lowest BCUT2D eigenvalue weighted by Crippen LogP contribution is -2.47. The summed E-state index contributed by atoms with van der Waals surface area (Å²) in [5.74, 6) is -0.518. The molecule has 0 radical (unpaired) electrons. The molecule has 4 aliphatic rings. The first kappa shape index (κ1) is 53.3. The van der Waals surface area contributed by atoms with Crippen LogP contribution in [0.4, 0.5) is 28.4 Å². The van der Waals surface area contributed by atoms with E-state index in [0.717, 1.165) is 80.2 Å². The molecule has 2 aromatic heterocycles. The summed E-state index contributed by atoms with van der Waals surface area (Å²) in [4.78, 5) is 37.7. The molecule has 17 nitrogen and oxygen atoms in total. The van der Waals surface area contributed by atoms with Crippen molar-refractivity contribution in [2.45, 2.75) is 96.0 Å². The predicted octanol–water partition coefficient (Wildman–Crippen LogP) is 9.95. The Bertz CT molecular complexity index is 3000. The molecule has 0 spiro atoms. The van der Waals surface area contributed by atoms with Crippen molar-refractivity contribution in [2.24, 2.45) is 5.41 Å². The highest BCUT2D eigenvalue weighted by atomic mass is 35.5. The fourth-order valence-electron chi connectivity index (χ4n) is 10.1. The van der Waals surface area contributed by atoms with Crippen LogP contribution in [0.25, 0.3) is 16.6 Å². The molecule has 3 aliphatic heterocycles. The summed E-state index contributed by atoms with van der Waals surface area (Å²) < 4.78 is 56.2. The second kappa shape index (κ2) is 22.3. The highest BCUT2D eigenvalue weighted by Gasteiger charge is 2.33. The van der Waals surface area contributed by atoms with Crippen LogP contribution in [0.15, 0.2) is 89.5 Å². The van der Waals surface area contributed by atoms with E-state index in [1.54, 1.807) is 6.07 Å². The molecule has 9 rings (SSSR count). The standard InChI is InChI=1S/C54H69ClN8O9SSi/c1-37-16-20-62(50-29-39-17-19-61(51(39)57-53(50)72-37)36-70-27-28-74(4,5)6)48-30-42(60-23-21-59(22-24-60)34-40-15-18-54(2,3)32-46(40)38-7-9-41(55)10-8-38)11-13-45(48)52(64)58-73(67,68)44-12-14-47(49(31-44)63(65)66)56-33-43-35-69-25-26-71-43/h7-14,17,19,29-31,37,43,56H,15-16,18,20-28,32-36H2,1-6H3,(H,58,64)/t37-,43+/m0/s1. The van der Waals surface area contributed by atoms with E-state index in [2.05, 4.69) is 65.5 Å². The van der Waals surface area contributed by atoms with Crippen molar-refractivity contribution in [1.82, 2.24) is 19.2 Å². The third-order valence-electron chi connectivity index (χ3n) is 14.4. The summed E-state index contributed by atoms with van der Waals surface area (Å²) in [6.07, 6.45) is 5.12. The lowest BCUT2D eigenvalue weighted by molar-refractivity contribution is -0.384. The van der Waals surface area contributed by atoms with Gasteiger partial charge in [-0.3, -0.25) is 19.8 Å². The number of nitro benzene ring substituents is 1. The van der Waals surface area contributed by atoms with Crippen LogP contribution in [-0.2, 0) is 31.0 Å². The molecule has 1 aliphatic carbocycles. The van der Waals surface area contributed by atoms with Crippen LogP contribution in [0.5, 0.6) is 5.88 Å². The molecular formula is C54H69ClN8O9SSi. The van der Waals surface area contributed by atoms with E-state index in [9.17, 15) is 23.3 Å². The maximum absolute atomic E-state index is 14.6. The SMILES string of the molecule is C[C@H]1CCN(c2cc(N3CCN(CC4=C(c5ccc(Cl)cc5)CC(C)(C)CC4)CC3)ccc2C(=O)NS(=O)(=O)c2ccc(NC[C@@H]3COCCO3)c([N+](=O)[O-])c2)c2cc3ccn(COCC[Si](C)(C)C)c3nc2O1. The molecule has 0 bridgehead atoms. The maximum Gasteiger partial charge on any atom is 0.293 e. The van der Waals surface area contributed by atoms with Crippen molar-refractivity contribution >= 4 is 80.6 Å². The number of hydrogen-bond donors (Lipinski definition) is 2. The van der Waals surface area contributed by atoms with Crippen molar-refractivity contribution < 1.29 is 37.1 Å². The van der Waals surface area contributed by atoms with Gasteiger partial charge in [0.2, 0.25) is 5.88 Å². The van der Waals surface area contributed by atoms with Crippen LogP contribution in [-0.4, -0.2) is 126 Å². The van der Waals surface area contributed by atoms with Crippen LogP contribution in [0, 0.1) is 15.5 Å². The zero-order valence-corrected chi connectivity index (χ0v) is 45.9. The number of nitro groups is 1. The second-order valence-electron chi connectivity index (χ2n) is 21.9. The first-order valence-corrected chi connectivity index (χ1v) is 31.2. The number of anilines is 4. The Labute approximate surface area is 440 Å². The van der Waals surface area contributed by atoms with E-state index < -0.39 is 39.5 Å². The minimum atomic E-state index is -4.63. The molecule has 396 valence electrons. The number of halogens is 1. The average molecular weight is 1070 g/mol. The number of hydrogen-bond acceptors (Lipinski definition) is 14. The summed E-state index contributed by atoms with van der Waals surface area (Å²) >= 11 is 6.30. The van der Waals surface area contributed by atoms with Crippen LogP contribution < -0.4 is 24.6 Å². The number of ether oxygens (including phenoxy) is 4. The number of nitrogens with one attached hydrogen (secondary N) is 2. The number of fused-ring (bicyclic) bond motifs is 2. The molecule has 2 atom stereocenters. The Balaban J connectivity index is 1.01. The van der Waals surface area contributed by atoms with Gasteiger partial charge < -0.3 is 38.6 Å². The fraction of sp³-hybridized carbons (Fsp3) is 0.481. The number of pyridine rings is 1. The number of carbonyl (C=O) groups is 1. The molecule has 0 unspecified atom stereocenters. The number of nitrogens with zero attached hydrogens (tertiary/aromatic N) is 6. The molecule has 0 saturated carbocycles. The number of rotatable bonds is 17. The highest BCUT2D eigenvalue weighted by Crippen LogP contribution is 2.44. The van der Waals surface area contributed by atoms with Crippen LogP contribution in [0.3, 0.4) is 0 Å². The van der Waals surface area contributed by atoms with E-state index in [0.29, 0.717) is 69.0 Å². The van der Waals surface area contributed by atoms with Gasteiger partial charge in [-0.1, -0.05) is 62.8 Å². The van der Waals surface area contributed by atoms with Crippen LogP contribution in [0.1, 0.15) is 62.4 Å².